The maximum absolute atomic E-state index is 5.90. The van der Waals surface area contributed by atoms with Crippen molar-refractivity contribution in [2.24, 2.45) is 0 Å². The number of hydrogen-bond donors (Lipinski definition) is 1. The van der Waals surface area contributed by atoms with Crippen LogP contribution in [-0.4, -0.2) is 7.05 Å². The number of hydrogen-bond acceptors (Lipinski definition) is 2. The van der Waals surface area contributed by atoms with Crippen molar-refractivity contribution in [3.8, 4) is 0 Å². The highest BCUT2D eigenvalue weighted by molar-refractivity contribution is 9.11. The van der Waals surface area contributed by atoms with Crippen molar-refractivity contribution in [3.63, 3.8) is 0 Å². The first-order chi connectivity index (χ1) is 8.19. The lowest BCUT2D eigenvalue weighted by Gasteiger charge is -2.15. The van der Waals surface area contributed by atoms with Gasteiger partial charge in [-0.3, -0.25) is 0 Å². The lowest BCUT2D eigenvalue weighted by atomic mass is 10.0. The second-order valence-electron chi connectivity index (χ2n) is 3.80. The highest BCUT2D eigenvalue weighted by Gasteiger charge is 2.11. The quantitative estimate of drug-likeness (QED) is 0.859. The van der Waals surface area contributed by atoms with Gasteiger partial charge in [-0.1, -0.05) is 23.7 Å². The molecule has 1 unspecified atom stereocenters. The minimum absolute atomic E-state index is 0.331. The van der Waals surface area contributed by atoms with E-state index in [2.05, 4.69) is 45.5 Å². The molecule has 0 aliphatic rings. The molecule has 0 saturated heterocycles. The summed E-state index contributed by atoms with van der Waals surface area (Å²) in [4.78, 5) is 1.37. The average molecular weight is 331 g/mol. The molecule has 1 atom stereocenters. The predicted octanol–water partition coefficient (Wildman–Crippen LogP) is 4.67. The van der Waals surface area contributed by atoms with Gasteiger partial charge in [0.05, 0.1) is 3.79 Å². The summed E-state index contributed by atoms with van der Waals surface area (Å²) in [6, 6.07) is 12.6. The Bertz CT molecular complexity index is 480. The molecule has 1 aromatic heterocycles. The van der Waals surface area contributed by atoms with E-state index >= 15 is 0 Å². The zero-order chi connectivity index (χ0) is 12.3. The van der Waals surface area contributed by atoms with E-state index in [0.29, 0.717) is 6.04 Å². The van der Waals surface area contributed by atoms with E-state index in [9.17, 15) is 0 Å². The molecule has 1 aromatic carbocycles. The molecule has 0 radical (unpaired) electrons. The molecule has 0 fully saturated rings. The summed E-state index contributed by atoms with van der Waals surface area (Å²) in [7, 11) is 1.99. The number of benzene rings is 1. The van der Waals surface area contributed by atoms with Crippen molar-refractivity contribution in [1.29, 1.82) is 0 Å². The van der Waals surface area contributed by atoms with E-state index in [1.54, 1.807) is 11.3 Å². The topological polar surface area (TPSA) is 12.0 Å². The van der Waals surface area contributed by atoms with Gasteiger partial charge in [0.25, 0.3) is 0 Å². The maximum Gasteiger partial charge on any atom is 0.0701 e. The van der Waals surface area contributed by atoms with Gasteiger partial charge in [0.2, 0.25) is 0 Å². The second kappa shape index (κ2) is 6.01. The van der Waals surface area contributed by atoms with Crippen LogP contribution in [0.4, 0.5) is 0 Å². The zero-order valence-electron chi connectivity index (χ0n) is 9.41. The van der Waals surface area contributed by atoms with Crippen LogP contribution >= 0.6 is 38.9 Å². The molecule has 1 heterocycles. The Hall–Kier alpha value is -0.350. The van der Waals surface area contributed by atoms with Crippen LogP contribution in [0.2, 0.25) is 5.02 Å². The van der Waals surface area contributed by atoms with Gasteiger partial charge in [-0.15, -0.1) is 11.3 Å². The number of thiophene rings is 1. The zero-order valence-corrected chi connectivity index (χ0v) is 12.6. The van der Waals surface area contributed by atoms with E-state index in [1.807, 2.05) is 19.2 Å². The van der Waals surface area contributed by atoms with E-state index in [1.165, 1.54) is 14.2 Å². The highest BCUT2D eigenvalue weighted by Crippen LogP contribution is 2.27. The molecule has 0 saturated carbocycles. The van der Waals surface area contributed by atoms with Gasteiger partial charge in [-0.05, 0) is 52.8 Å². The number of rotatable bonds is 4. The number of halogens is 2. The molecule has 4 heteroatoms. The summed E-state index contributed by atoms with van der Waals surface area (Å²) in [6.45, 7) is 0. The molecule has 17 heavy (non-hydrogen) atoms. The molecule has 0 spiro atoms. The Labute approximate surface area is 119 Å². The third-order valence-electron chi connectivity index (χ3n) is 2.66. The largest absolute Gasteiger partial charge is 0.313 e. The van der Waals surface area contributed by atoms with Crippen LogP contribution in [0.25, 0.3) is 0 Å². The van der Waals surface area contributed by atoms with Gasteiger partial charge < -0.3 is 5.32 Å². The number of nitrogens with one attached hydrogen (secondary N) is 1. The van der Waals surface area contributed by atoms with Gasteiger partial charge in [0.1, 0.15) is 0 Å². The summed E-state index contributed by atoms with van der Waals surface area (Å²) in [5.41, 5.74) is 1.27. The van der Waals surface area contributed by atoms with Crippen LogP contribution < -0.4 is 5.32 Å². The monoisotopic (exact) mass is 329 g/mol. The first-order valence-corrected chi connectivity index (χ1v) is 7.34. The molecular formula is C13H13BrClNS. The van der Waals surface area contributed by atoms with Crippen LogP contribution in [0.5, 0.6) is 0 Å². The Morgan fingerprint density at radius 2 is 1.94 bits per heavy atom. The first-order valence-electron chi connectivity index (χ1n) is 5.36. The molecule has 90 valence electrons. The summed E-state index contributed by atoms with van der Waals surface area (Å²) >= 11 is 11.2. The van der Waals surface area contributed by atoms with Crippen LogP contribution in [0.1, 0.15) is 16.5 Å². The van der Waals surface area contributed by atoms with Gasteiger partial charge in [-0.2, -0.15) is 0 Å². The van der Waals surface area contributed by atoms with Crippen molar-refractivity contribution in [3.05, 3.63) is 55.6 Å². The van der Waals surface area contributed by atoms with Gasteiger partial charge in [0.15, 0.2) is 0 Å². The van der Waals surface area contributed by atoms with Crippen LogP contribution in [0, 0.1) is 0 Å². The molecule has 1 N–H and O–H groups in total. The minimum Gasteiger partial charge on any atom is -0.313 e. The lowest BCUT2D eigenvalue weighted by Crippen LogP contribution is -2.18. The lowest BCUT2D eigenvalue weighted by molar-refractivity contribution is 0.596. The molecule has 0 bridgehead atoms. The minimum atomic E-state index is 0.331. The molecular weight excluding hydrogens is 318 g/mol. The highest BCUT2D eigenvalue weighted by atomic mass is 79.9. The van der Waals surface area contributed by atoms with Gasteiger partial charge in [-0.25, -0.2) is 0 Å². The van der Waals surface area contributed by atoms with Gasteiger partial charge >= 0.3 is 0 Å². The average Bonchev–Trinajstić information content (AvgIpc) is 2.73. The van der Waals surface area contributed by atoms with E-state index in [4.69, 9.17) is 11.6 Å². The Morgan fingerprint density at radius 1 is 1.24 bits per heavy atom. The van der Waals surface area contributed by atoms with E-state index in [-0.39, 0.29) is 0 Å². The molecule has 0 amide bonds. The summed E-state index contributed by atoms with van der Waals surface area (Å²) < 4.78 is 1.18. The molecule has 0 aliphatic heterocycles. The van der Waals surface area contributed by atoms with Crippen LogP contribution in [0.15, 0.2) is 40.2 Å². The van der Waals surface area contributed by atoms with Crippen molar-refractivity contribution in [2.75, 3.05) is 7.05 Å². The molecule has 2 aromatic rings. The third kappa shape index (κ3) is 3.55. The SMILES string of the molecule is CNC(Cc1ccc(Br)s1)c1ccc(Cl)cc1. The van der Waals surface area contributed by atoms with Gasteiger partial charge in [0, 0.05) is 22.4 Å². The molecule has 2 rings (SSSR count). The number of likely N-dealkylation sites (N-methyl/N-ethyl adjacent to an activating group) is 1. The predicted molar refractivity (Wildman–Crippen MR) is 79.0 cm³/mol. The first kappa shape index (κ1) is 13.1. The van der Waals surface area contributed by atoms with E-state index in [0.717, 1.165) is 11.4 Å². The van der Waals surface area contributed by atoms with Crippen molar-refractivity contribution >= 4 is 38.9 Å². The Kier molecular flexibility index (Phi) is 4.62. The molecule has 0 aliphatic carbocycles. The summed E-state index contributed by atoms with van der Waals surface area (Å²) in [6.07, 6.45) is 0.994. The smallest absolute Gasteiger partial charge is 0.0701 e. The third-order valence-corrected chi connectivity index (χ3v) is 4.55. The van der Waals surface area contributed by atoms with Crippen LogP contribution in [-0.2, 0) is 6.42 Å². The van der Waals surface area contributed by atoms with Crippen molar-refractivity contribution in [2.45, 2.75) is 12.5 Å². The van der Waals surface area contributed by atoms with Crippen LogP contribution in [0.3, 0.4) is 0 Å². The fraction of sp³-hybridized carbons (Fsp3) is 0.231. The molecule has 1 nitrogen and oxygen atoms in total. The van der Waals surface area contributed by atoms with E-state index < -0.39 is 0 Å². The summed E-state index contributed by atoms with van der Waals surface area (Å²) in [5.74, 6) is 0. The Balaban J connectivity index is 2.13. The maximum atomic E-state index is 5.90. The fourth-order valence-electron chi connectivity index (χ4n) is 1.74. The summed E-state index contributed by atoms with van der Waals surface area (Å²) in [5, 5.41) is 4.12. The normalized spacial score (nSPS) is 12.6. The van der Waals surface area contributed by atoms with Crippen molar-refractivity contribution in [1.82, 2.24) is 5.32 Å². The standard InChI is InChI=1S/C13H13BrClNS/c1-16-12(8-11-6-7-13(14)17-11)9-2-4-10(15)5-3-9/h2-7,12,16H,8H2,1H3. The Morgan fingerprint density at radius 3 is 2.47 bits per heavy atom. The second-order valence-corrected chi connectivity index (χ2v) is 6.79. The van der Waals surface area contributed by atoms with Crippen molar-refractivity contribution < 1.29 is 0 Å². The fourth-order valence-corrected chi connectivity index (χ4v) is 3.40.